The van der Waals surface area contributed by atoms with Gasteiger partial charge < -0.3 is 42.2 Å². The minimum atomic E-state index is -3.63. The Bertz CT molecular complexity index is 116. The van der Waals surface area contributed by atoms with Crippen LogP contribution < -0.4 is 28.8 Å². The maximum absolute atomic E-state index is 8.52. The number of hydrogen-bond donors (Lipinski definition) is 0. The van der Waals surface area contributed by atoms with Crippen molar-refractivity contribution in [3.05, 3.63) is 0 Å². The smallest absolute Gasteiger partial charge is 0.672 e. The van der Waals surface area contributed by atoms with Gasteiger partial charge in [-0.05, 0) is 0 Å². The predicted molar refractivity (Wildman–Crippen MR) is 19.3 cm³/mol. The van der Waals surface area contributed by atoms with Crippen molar-refractivity contribution in [2.24, 2.45) is 0 Å². The molecular formula is Er2O9Si3. The second-order valence-electron chi connectivity index (χ2n) is 0.750. The van der Waals surface area contributed by atoms with E-state index in [1.165, 1.54) is 0 Å². The normalized spacial score (nSPS) is 5.14. The monoisotopic (exact) mass is 560 g/mol. The van der Waals surface area contributed by atoms with E-state index >= 15 is 0 Å². The van der Waals surface area contributed by atoms with Gasteiger partial charge in [-0.3, -0.25) is 0 Å². The van der Waals surface area contributed by atoms with Gasteiger partial charge in [0.25, 0.3) is 0 Å². The summed E-state index contributed by atoms with van der Waals surface area (Å²) in [6.45, 7) is 0. The largest absolute Gasteiger partial charge is 3.00 e. The van der Waals surface area contributed by atoms with Crippen LogP contribution in [-0.4, -0.2) is 27.5 Å². The third-order valence-electron chi connectivity index (χ3n) is 0. The van der Waals surface area contributed by atoms with Crippen LogP contribution in [0.25, 0.3) is 0 Å². The molecule has 0 atom stereocenters. The number of rotatable bonds is 0. The van der Waals surface area contributed by atoms with Crippen LogP contribution in [0.1, 0.15) is 0 Å². The van der Waals surface area contributed by atoms with E-state index in [1.54, 1.807) is 0 Å². The second kappa shape index (κ2) is 23.9. The second-order valence-corrected chi connectivity index (χ2v) is 2.25. The molecule has 0 aromatic heterocycles. The Kier molecular flexibility index (Phi) is 50.3. The van der Waals surface area contributed by atoms with Crippen LogP contribution in [0, 0.1) is 74.6 Å². The van der Waals surface area contributed by atoms with Crippen LogP contribution in [0.15, 0.2) is 0 Å². The molecule has 0 saturated heterocycles. The van der Waals surface area contributed by atoms with E-state index < -0.39 is 27.5 Å². The van der Waals surface area contributed by atoms with Gasteiger partial charge in [0.05, 0.1) is 0 Å². The minimum Gasteiger partial charge on any atom is -0.672 e. The molecule has 14 heavy (non-hydrogen) atoms. The fourth-order valence-corrected chi connectivity index (χ4v) is 0. The Balaban J connectivity index is -0.0000000270. The summed E-state index contributed by atoms with van der Waals surface area (Å²) >= 11 is 0. The van der Waals surface area contributed by atoms with Gasteiger partial charge in [0, 0.05) is 27.5 Å². The molecule has 0 aromatic carbocycles. The molecule has 0 amide bonds. The van der Waals surface area contributed by atoms with Gasteiger partial charge in [-0.25, -0.2) is 0 Å². The van der Waals surface area contributed by atoms with Gasteiger partial charge in [-0.2, -0.15) is 0 Å². The molecule has 0 aliphatic heterocycles. The van der Waals surface area contributed by atoms with Crippen molar-refractivity contribution in [3.63, 3.8) is 0 Å². The summed E-state index contributed by atoms with van der Waals surface area (Å²) in [4.78, 5) is 51.1. The van der Waals surface area contributed by atoms with Crippen molar-refractivity contribution in [1.82, 2.24) is 0 Å². The molecule has 0 heterocycles. The van der Waals surface area contributed by atoms with Crippen LogP contribution in [0.2, 0.25) is 0 Å². The van der Waals surface area contributed by atoms with Crippen LogP contribution in [0.3, 0.4) is 0 Å². The third kappa shape index (κ3) is 1130. The molecule has 0 aromatic rings. The van der Waals surface area contributed by atoms with Gasteiger partial charge in [-0.15, -0.1) is 0 Å². The molecule has 0 N–H and O–H groups in total. The van der Waals surface area contributed by atoms with Crippen LogP contribution >= 0.6 is 0 Å². The van der Waals surface area contributed by atoms with Gasteiger partial charge in [0.15, 0.2) is 0 Å². The van der Waals surface area contributed by atoms with Crippen molar-refractivity contribution in [2.45, 2.75) is 0 Å². The molecule has 0 unspecified atom stereocenters. The Morgan fingerprint density at radius 3 is 0.500 bits per heavy atom. The Morgan fingerprint density at radius 1 is 0.500 bits per heavy atom. The minimum absolute atomic E-state index is 0. The average Bonchev–Trinajstić information content (AvgIpc) is 1.54. The predicted octanol–water partition coefficient (Wildman–Crippen LogP) is -8.63. The Labute approximate surface area is 142 Å². The van der Waals surface area contributed by atoms with E-state index in [-0.39, 0.29) is 74.6 Å². The maximum Gasteiger partial charge on any atom is 3.00 e. The van der Waals surface area contributed by atoms with E-state index in [0.717, 1.165) is 0 Å². The molecule has 9 nitrogen and oxygen atoms in total. The summed E-state index contributed by atoms with van der Waals surface area (Å²) < 4.78 is 25.6. The summed E-state index contributed by atoms with van der Waals surface area (Å²) in [5, 5.41) is 0. The zero-order valence-electron chi connectivity index (χ0n) is 5.75. The van der Waals surface area contributed by atoms with Gasteiger partial charge in [0.1, 0.15) is 0 Å². The first-order valence-electron chi connectivity index (χ1n) is 1.84. The Hall–Kier alpha value is 1.34. The molecule has 2 radical (unpaired) electrons. The third-order valence-corrected chi connectivity index (χ3v) is 0. The first-order valence-corrected chi connectivity index (χ1v) is 5.51. The van der Waals surface area contributed by atoms with E-state index in [9.17, 15) is 0 Å². The van der Waals surface area contributed by atoms with Crippen molar-refractivity contribution >= 4 is 27.5 Å². The van der Waals surface area contributed by atoms with E-state index in [1.807, 2.05) is 0 Å². The van der Waals surface area contributed by atoms with Crippen molar-refractivity contribution in [3.8, 4) is 0 Å². The van der Waals surface area contributed by atoms with Crippen molar-refractivity contribution < 1.29 is 117 Å². The standard InChI is InChI=1S/2Er.3O3Si/c;;3*1-4(2)3/q2*+3;3*-2. The van der Waals surface area contributed by atoms with Gasteiger partial charge >= 0.3 is 74.6 Å². The van der Waals surface area contributed by atoms with Crippen molar-refractivity contribution in [2.75, 3.05) is 0 Å². The van der Waals surface area contributed by atoms with Crippen LogP contribution in [0.5, 0.6) is 0 Å². The molecular weight excluding hydrogens is 563 g/mol. The summed E-state index contributed by atoms with van der Waals surface area (Å²) in [7, 11) is -10.9. The van der Waals surface area contributed by atoms with E-state index in [0.29, 0.717) is 0 Å². The zero-order valence-corrected chi connectivity index (χ0v) is 12.5. The molecule has 0 bridgehead atoms. The summed E-state index contributed by atoms with van der Waals surface area (Å²) in [5.41, 5.74) is 0. The fourth-order valence-electron chi connectivity index (χ4n) is 0. The zero-order chi connectivity index (χ0) is 10.7. The van der Waals surface area contributed by atoms with Gasteiger partial charge in [-0.1, -0.05) is 0 Å². The molecule has 0 aliphatic carbocycles. The van der Waals surface area contributed by atoms with E-state index in [2.05, 4.69) is 0 Å². The van der Waals surface area contributed by atoms with Gasteiger partial charge in [0.2, 0.25) is 0 Å². The fraction of sp³-hybridized carbons (Fsp3) is 0. The SMILES string of the molecule is O=[Si]([O-])[O-].O=[Si]([O-])[O-].O=[Si]([O-])[O-].[Er+3].[Er+3]. The molecule has 0 rings (SSSR count). The first-order chi connectivity index (χ1) is 5.20. The molecule has 90 valence electrons. The quantitative estimate of drug-likeness (QED) is 0.258. The van der Waals surface area contributed by atoms with Crippen LogP contribution in [-0.2, 0) is 13.4 Å². The molecule has 0 fully saturated rings. The average molecular weight is 563 g/mol. The van der Waals surface area contributed by atoms with Crippen molar-refractivity contribution in [1.29, 1.82) is 0 Å². The molecule has 0 aliphatic rings. The summed E-state index contributed by atoms with van der Waals surface area (Å²) in [5.74, 6) is 0. The summed E-state index contributed by atoms with van der Waals surface area (Å²) in [6.07, 6.45) is 0. The summed E-state index contributed by atoms with van der Waals surface area (Å²) in [6, 6.07) is 0. The number of hydrogen-bond acceptors (Lipinski definition) is 9. The maximum atomic E-state index is 8.52. The molecule has 0 saturated carbocycles. The molecule has 0 spiro atoms. The molecule has 14 heteroatoms. The first kappa shape index (κ1) is 29.5. The Morgan fingerprint density at radius 2 is 0.500 bits per heavy atom. The topological polar surface area (TPSA) is 190 Å². The van der Waals surface area contributed by atoms with E-state index in [4.69, 9.17) is 42.2 Å². The van der Waals surface area contributed by atoms with Crippen LogP contribution in [0.4, 0.5) is 0 Å².